The van der Waals surface area contributed by atoms with Crippen molar-refractivity contribution in [1.29, 1.82) is 0 Å². The highest BCUT2D eigenvalue weighted by Gasteiger charge is 2.40. The van der Waals surface area contributed by atoms with Crippen LogP contribution in [0.5, 0.6) is 5.75 Å². The lowest BCUT2D eigenvalue weighted by molar-refractivity contribution is -0.121. The van der Waals surface area contributed by atoms with Crippen molar-refractivity contribution >= 4 is 35.2 Å². The van der Waals surface area contributed by atoms with Crippen LogP contribution in [0.25, 0.3) is 0 Å². The zero-order valence-electron chi connectivity index (χ0n) is 16.2. The van der Waals surface area contributed by atoms with E-state index < -0.39 is 17.9 Å². The molecule has 0 fully saturated rings. The third kappa shape index (κ3) is 3.76. The topological polar surface area (TPSA) is 95.1 Å². The maximum atomic E-state index is 12.3. The van der Waals surface area contributed by atoms with Gasteiger partial charge in [0, 0.05) is 22.0 Å². The van der Waals surface area contributed by atoms with Crippen LogP contribution in [-0.4, -0.2) is 27.8 Å². The fraction of sp³-hybridized carbons (Fsp3) is 0.190. The number of hydrogen-bond donors (Lipinski definition) is 2. The molecule has 9 heteroatoms. The monoisotopic (exact) mass is 441 g/mol. The smallest absolute Gasteiger partial charge is 0.229 e. The number of para-hydroxylation sites is 1. The van der Waals surface area contributed by atoms with Crippen molar-refractivity contribution in [3.63, 3.8) is 0 Å². The number of fused-ring (bicyclic) bond motifs is 1. The summed E-state index contributed by atoms with van der Waals surface area (Å²) in [5, 5.41) is 8.97. The maximum absolute atomic E-state index is 12.3. The van der Waals surface area contributed by atoms with Gasteiger partial charge in [0.05, 0.1) is 7.11 Å². The number of thioether (sulfide) groups is 1. The lowest BCUT2D eigenvalue weighted by atomic mass is 9.88. The van der Waals surface area contributed by atoms with E-state index in [1.807, 2.05) is 48.5 Å². The molecule has 7 nitrogen and oxygen atoms in total. The third-order valence-electron chi connectivity index (χ3n) is 4.92. The number of methoxy groups -OCH3 is 1. The summed E-state index contributed by atoms with van der Waals surface area (Å²) in [5.41, 5.74) is 7.97. The second kappa shape index (κ2) is 8.41. The molecule has 0 spiro atoms. The lowest BCUT2D eigenvalue weighted by Crippen LogP contribution is -2.40. The highest BCUT2D eigenvalue weighted by molar-refractivity contribution is 7.98. The Morgan fingerprint density at radius 3 is 2.77 bits per heavy atom. The van der Waals surface area contributed by atoms with Gasteiger partial charge in [-0.25, -0.2) is 4.68 Å². The highest BCUT2D eigenvalue weighted by Crippen LogP contribution is 2.41. The van der Waals surface area contributed by atoms with Gasteiger partial charge in [-0.15, -0.1) is 5.10 Å². The number of anilines is 1. The van der Waals surface area contributed by atoms with Gasteiger partial charge < -0.3 is 15.8 Å². The summed E-state index contributed by atoms with van der Waals surface area (Å²) in [6.07, 6.45) is 0. The standard InChI is InChI=1S/C21H20ClN5O2S/c1-12-17(19(23)28)18(14-8-4-6-10-16(14)29-2)27-20(24-12)25-21(26-27)30-11-13-7-3-5-9-15(13)22/h3-10,17-18H,1,11H2,2H3,(H2,23,28)(H,24,25,26). The Morgan fingerprint density at radius 2 is 2.03 bits per heavy atom. The molecule has 4 rings (SSSR count). The molecular formula is C21H20ClN5O2S. The zero-order chi connectivity index (χ0) is 21.3. The Kier molecular flexibility index (Phi) is 5.69. The second-order valence-corrected chi connectivity index (χ2v) is 8.11. The van der Waals surface area contributed by atoms with E-state index in [0.717, 1.165) is 11.1 Å². The van der Waals surface area contributed by atoms with Crippen molar-refractivity contribution < 1.29 is 9.53 Å². The maximum Gasteiger partial charge on any atom is 0.229 e. The van der Waals surface area contributed by atoms with Gasteiger partial charge in [-0.2, -0.15) is 4.98 Å². The minimum absolute atomic E-state index is 0.473. The van der Waals surface area contributed by atoms with Gasteiger partial charge in [0.2, 0.25) is 17.0 Å². The van der Waals surface area contributed by atoms with Crippen molar-refractivity contribution in [3.8, 4) is 5.75 Å². The first-order valence-electron chi connectivity index (χ1n) is 9.20. The van der Waals surface area contributed by atoms with Crippen LogP contribution in [0.3, 0.4) is 0 Å². The number of primary amides is 1. The number of rotatable bonds is 6. The lowest BCUT2D eigenvalue weighted by Gasteiger charge is -2.33. The average molecular weight is 442 g/mol. The van der Waals surface area contributed by atoms with Crippen molar-refractivity contribution in [1.82, 2.24) is 14.8 Å². The normalized spacial score (nSPS) is 17.9. The highest BCUT2D eigenvalue weighted by atomic mass is 35.5. The molecule has 1 aliphatic heterocycles. The number of ether oxygens (including phenoxy) is 1. The summed E-state index contributed by atoms with van der Waals surface area (Å²) in [6.45, 7) is 4.00. The summed E-state index contributed by atoms with van der Waals surface area (Å²) < 4.78 is 7.20. The summed E-state index contributed by atoms with van der Waals surface area (Å²) in [7, 11) is 1.58. The summed E-state index contributed by atoms with van der Waals surface area (Å²) >= 11 is 7.71. The average Bonchev–Trinajstić information content (AvgIpc) is 3.14. The van der Waals surface area contributed by atoms with Crippen LogP contribution in [0.1, 0.15) is 17.2 Å². The van der Waals surface area contributed by atoms with Gasteiger partial charge in [-0.3, -0.25) is 4.79 Å². The molecule has 0 bridgehead atoms. The van der Waals surface area contributed by atoms with Gasteiger partial charge in [0.15, 0.2) is 0 Å². The number of carbonyl (C=O) groups is 1. The van der Waals surface area contributed by atoms with Crippen LogP contribution in [0.2, 0.25) is 5.02 Å². The summed E-state index contributed by atoms with van der Waals surface area (Å²) in [6, 6.07) is 14.6. The Morgan fingerprint density at radius 1 is 1.30 bits per heavy atom. The van der Waals surface area contributed by atoms with E-state index in [0.29, 0.717) is 33.3 Å². The number of amides is 1. The van der Waals surface area contributed by atoms with E-state index in [-0.39, 0.29) is 0 Å². The first-order valence-corrected chi connectivity index (χ1v) is 10.6. The van der Waals surface area contributed by atoms with E-state index in [1.54, 1.807) is 11.8 Å². The van der Waals surface area contributed by atoms with E-state index in [9.17, 15) is 4.79 Å². The molecule has 1 amide bonds. The van der Waals surface area contributed by atoms with Crippen molar-refractivity contribution in [2.24, 2.45) is 11.7 Å². The van der Waals surface area contributed by atoms with Crippen molar-refractivity contribution in [2.75, 3.05) is 12.4 Å². The Bertz CT molecular complexity index is 1120. The summed E-state index contributed by atoms with van der Waals surface area (Å²) in [5.74, 6) is 0.528. The zero-order valence-corrected chi connectivity index (χ0v) is 17.8. The van der Waals surface area contributed by atoms with Gasteiger partial charge in [-0.05, 0) is 17.7 Å². The number of halogens is 1. The molecule has 2 unspecified atom stereocenters. The van der Waals surface area contributed by atoms with Crippen LogP contribution in [0, 0.1) is 5.92 Å². The van der Waals surface area contributed by atoms with Crippen LogP contribution >= 0.6 is 23.4 Å². The predicted molar refractivity (Wildman–Crippen MR) is 118 cm³/mol. The molecule has 0 saturated heterocycles. The molecule has 2 heterocycles. The third-order valence-corrected chi connectivity index (χ3v) is 6.17. The fourth-order valence-electron chi connectivity index (χ4n) is 3.50. The van der Waals surface area contributed by atoms with Gasteiger partial charge >= 0.3 is 0 Å². The molecule has 1 aromatic heterocycles. The molecule has 3 aromatic rings. The molecule has 2 aromatic carbocycles. The quantitative estimate of drug-likeness (QED) is 0.564. The van der Waals surface area contributed by atoms with Crippen LogP contribution < -0.4 is 15.8 Å². The number of nitrogens with two attached hydrogens (primary N) is 1. The number of aromatic nitrogens is 3. The molecule has 0 saturated carbocycles. The molecular weight excluding hydrogens is 422 g/mol. The van der Waals surface area contributed by atoms with E-state index >= 15 is 0 Å². The van der Waals surface area contributed by atoms with Gasteiger partial charge in [0.1, 0.15) is 17.7 Å². The van der Waals surface area contributed by atoms with Crippen LogP contribution in [0.4, 0.5) is 5.95 Å². The Labute approximate surface area is 183 Å². The molecule has 30 heavy (non-hydrogen) atoms. The number of carbonyl (C=O) groups excluding carboxylic acids is 1. The Balaban J connectivity index is 1.72. The van der Waals surface area contributed by atoms with Crippen LogP contribution in [-0.2, 0) is 10.5 Å². The molecule has 2 atom stereocenters. The minimum atomic E-state index is -0.711. The number of benzene rings is 2. The Hall–Kier alpha value is -2.97. The first-order chi connectivity index (χ1) is 14.5. The molecule has 3 N–H and O–H groups in total. The molecule has 154 valence electrons. The molecule has 1 aliphatic rings. The molecule has 0 aliphatic carbocycles. The minimum Gasteiger partial charge on any atom is -0.496 e. The summed E-state index contributed by atoms with van der Waals surface area (Å²) in [4.78, 5) is 16.9. The van der Waals surface area contributed by atoms with Gasteiger partial charge in [0.25, 0.3) is 0 Å². The van der Waals surface area contributed by atoms with Crippen LogP contribution in [0.15, 0.2) is 66.0 Å². The fourth-order valence-corrected chi connectivity index (χ4v) is 4.62. The molecule has 0 radical (unpaired) electrons. The SMILES string of the molecule is C=C1Nc2nc(SCc3ccccc3Cl)nn2C(c2ccccc2OC)C1C(N)=O. The van der Waals surface area contributed by atoms with Crippen molar-refractivity contribution in [3.05, 3.63) is 77.0 Å². The first kappa shape index (κ1) is 20.3. The van der Waals surface area contributed by atoms with Crippen molar-refractivity contribution in [2.45, 2.75) is 17.0 Å². The number of hydrogen-bond acceptors (Lipinski definition) is 6. The van der Waals surface area contributed by atoms with E-state index in [4.69, 9.17) is 22.1 Å². The number of nitrogens with zero attached hydrogens (tertiary/aromatic N) is 3. The predicted octanol–water partition coefficient (Wildman–Crippen LogP) is 3.86. The van der Waals surface area contributed by atoms with E-state index in [2.05, 4.69) is 22.0 Å². The van der Waals surface area contributed by atoms with E-state index in [1.165, 1.54) is 11.8 Å². The second-order valence-electron chi connectivity index (χ2n) is 6.76. The number of nitrogens with one attached hydrogen (secondary N) is 1. The largest absolute Gasteiger partial charge is 0.496 e. The van der Waals surface area contributed by atoms with Gasteiger partial charge in [-0.1, -0.05) is 66.3 Å².